The number of hydrogen-bond donors (Lipinski definition) is 1. The van der Waals surface area contributed by atoms with Crippen LogP contribution in [0.15, 0.2) is 18.2 Å². The molecule has 0 radical (unpaired) electrons. The Morgan fingerprint density at radius 2 is 2.08 bits per heavy atom. The van der Waals surface area contributed by atoms with Crippen molar-refractivity contribution in [2.45, 2.75) is 51.2 Å². The lowest BCUT2D eigenvalue weighted by Crippen LogP contribution is -2.51. The number of nitrogens with one attached hydrogen (secondary N) is 1. The standard InChI is InChI=1S/C18H21F2N3O/c1-18(2,24-16-6-5-13(19)9-14(16)20)17(22)23(10-21)15-8-11-3-4-12(15)7-11/h5-6,9,11-12,15,22H,3-4,7-8H2,1-2H3. The van der Waals surface area contributed by atoms with Crippen molar-refractivity contribution in [2.75, 3.05) is 0 Å². The molecule has 0 amide bonds. The summed E-state index contributed by atoms with van der Waals surface area (Å²) in [4.78, 5) is 1.42. The van der Waals surface area contributed by atoms with E-state index >= 15 is 0 Å². The molecule has 1 aromatic rings. The van der Waals surface area contributed by atoms with Crippen molar-refractivity contribution in [1.82, 2.24) is 4.90 Å². The third-order valence-corrected chi connectivity index (χ3v) is 5.21. The van der Waals surface area contributed by atoms with Crippen molar-refractivity contribution < 1.29 is 13.5 Å². The van der Waals surface area contributed by atoms with Gasteiger partial charge < -0.3 is 4.74 Å². The average molecular weight is 333 g/mol. The van der Waals surface area contributed by atoms with E-state index < -0.39 is 17.2 Å². The van der Waals surface area contributed by atoms with Gasteiger partial charge in [0.15, 0.2) is 29.2 Å². The summed E-state index contributed by atoms with van der Waals surface area (Å²) in [6.07, 6.45) is 6.45. The molecule has 1 aromatic carbocycles. The Morgan fingerprint density at radius 3 is 2.62 bits per heavy atom. The molecule has 0 spiro atoms. The Bertz CT molecular complexity index is 698. The molecule has 0 saturated heterocycles. The van der Waals surface area contributed by atoms with Crippen molar-refractivity contribution in [1.29, 1.82) is 10.7 Å². The first-order chi connectivity index (χ1) is 11.3. The summed E-state index contributed by atoms with van der Waals surface area (Å²) in [7, 11) is 0. The molecule has 24 heavy (non-hydrogen) atoms. The largest absolute Gasteiger partial charge is 0.477 e. The molecule has 0 aromatic heterocycles. The molecule has 4 nitrogen and oxygen atoms in total. The predicted octanol–water partition coefficient (Wildman–Crippen LogP) is 4.07. The minimum absolute atomic E-state index is 0.00581. The first kappa shape index (κ1) is 16.7. The lowest BCUT2D eigenvalue weighted by atomic mass is 9.93. The van der Waals surface area contributed by atoms with Crippen molar-refractivity contribution in [2.24, 2.45) is 11.8 Å². The highest BCUT2D eigenvalue weighted by molar-refractivity contribution is 5.89. The number of halogens is 2. The summed E-state index contributed by atoms with van der Waals surface area (Å²) < 4.78 is 32.5. The van der Waals surface area contributed by atoms with E-state index in [-0.39, 0.29) is 17.6 Å². The van der Waals surface area contributed by atoms with Crippen molar-refractivity contribution >= 4 is 5.84 Å². The summed E-state index contributed by atoms with van der Waals surface area (Å²) in [5.41, 5.74) is -1.20. The molecule has 2 saturated carbocycles. The number of amidine groups is 1. The van der Waals surface area contributed by atoms with Crippen LogP contribution in [0.1, 0.15) is 39.5 Å². The van der Waals surface area contributed by atoms with E-state index in [1.807, 2.05) is 0 Å². The number of nitriles is 1. The Hall–Kier alpha value is -2.16. The first-order valence-corrected chi connectivity index (χ1v) is 8.24. The van der Waals surface area contributed by atoms with Crippen LogP contribution < -0.4 is 4.74 Å². The van der Waals surface area contributed by atoms with Crippen LogP contribution >= 0.6 is 0 Å². The normalized spacial score (nSPS) is 25.4. The fourth-order valence-corrected chi connectivity index (χ4v) is 3.99. The van der Waals surface area contributed by atoms with Gasteiger partial charge in [0.05, 0.1) is 0 Å². The maximum atomic E-state index is 13.8. The molecule has 0 heterocycles. The Labute approximate surface area is 140 Å². The molecule has 2 bridgehead atoms. The minimum atomic E-state index is -1.20. The monoisotopic (exact) mass is 333 g/mol. The van der Waals surface area contributed by atoms with Crippen LogP contribution in [0.4, 0.5) is 8.78 Å². The third kappa shape index (κ3) is 2.95. The zero-order valence-electron chi connectivity index (χ0n) is 13.9. The summed E-state index contributed by atoms with van der Waals surface area (Å²) in [6, 6.07) is 3.08. The molecule has 6 heteroatoms. The van der Waals surface area contributed by atoms with Crippen LogP contribution in [0, 0.1) is 40.3 Å². The summed E-state index contributed by atoms with van der Waals surface area (Å²) in [5.74, 6) is -0.550. The van der Waals surface area contributed by atoms with E-state index in [0.29, 0.717) is 11.8 Å². The van der Waals surface area contributed by atoms with E-state index in [9.17, 15) is 14.0 Å². The van der Waals surface area contributed by atoms with Gasteiger partial charge in [0.1, 0.15) is 5.82 Å². The van der Waals surface area contributed by atoms with Crippen LogP contribution in [0.2, 0.25) is 0 Å². The number of rotatable bonds is 4. The number of fused-ring (bicyclic) bond motifs is 2. The van der Waals surface area contributed by atoms with Crippen molar-refractivity contribution in [3.8, 4) is 11.9 Å². The van der Waals surface area contributed by atoms with Gasteiger partial charge in [-0.3, -0.25) is 10.3 Å². The maximum Gasteiger partial charge on any atom is 0.185 e. The van der Waals surface area contributed by atoms with Gasteiger partial charge in [-0.15, -0.1) is 0 Å². The topological polar surface area (TPSA) is 60.1 Å². The lowest BCUT2D eigenvalue weighted by Gasteiger charge is -2.36. The van der Waals surface area contributed by atoms with E-state index in [2.05, 4.69) is 6.19 Å². The van der Waals surface area contributed by atoms with Crippen molar-refractivity contribution in [3.63, 3.8) is 0 Å². The summed E-state index contributed by atoms with van der Waals surface area (Å²) in [5, 5.41) is 18.0. The van der Waals surface area contributed by atoms with Gasteiger partial charge in [0, 0.05) is 12.1 Å². The van der Waals surface area contributed by atoms with E-state index in [1.54, 1.807) is 13.8 Å². The summed E-state index contributed by atoms with van der Waals surface area (Å²) >= 11 is 0. The molecule has 2 fully saturated rings. The van der Waals surface area contributed by atoms with E-state index in [1.165, 1.54) is 17.4 Å². The zero-order chi connectivity index (χ0) is 17.5. The number of hydrogen-bond acceptors (Lipinski definition) is 3. The molecule has 2 aliphatic rings. The van der Waals surface area contributed by atoms with Crippen LogP contribution in [0.3, 0.4) is 0 Å². The van der Waals surface area contributed by atoms with E-state index in [4.69, 9.17) is 10.1 Å². The fraction of sp³-hybridized carbons (Fsp3) is 0.556. The van der Waals surface area contributed by atoms with Crippen LogP contribution in [0.5, 0.6) is 5.75 Å². The molecular formula is C18H21F2N3O. The van der Waals surface area contributed by atoms with Crippen LogP contribution in [-0.4, -0.2) is 22.4 Å². The average Bonchev–Trinajstić information content (AvgIpc) is 3.14. The lowest BCUT2D eigenvalue weighted by molar-refractivity contribution is 0.149. The molecule has 0 aliphatic heterocycles. The molecular weight excluding hydrogens is 312 g/mol. The molecule has 2 aliphatic carbocycles. The second-order valence-electron chi connectivity index (χ2n) is 7.25. The number of ether oxygens (including phenoxy) is 1. The molecule has 3 rings (SSSR count). The molecule has 1 N–H and O–H groups in total. The van der Waals surface area contributed by atoms with Gasteiger partial charge in [-0.1, -0.05) is 6.42 Å². The number of benzene rings is 1. The molecule has 3 unspecified atom stereocenters. The SMILES string of the molecule is CC(C)(Oc1ccc(F)cc1F)C(=N)N(C#N)C1CC2CCC1C2. The first-order valence-electron chi connectivity index (χ1n) is 8.24. The van der Waals surface area contributed by atoms with Gasteiger partial charge in [-0.05, 0) is 57.1 Å². The van der Waals surface area contributed by atoms with Crippen LogP contribution in [-0.2, 0) is 0 Å². The Balaban J connectivity index is 1.77. The smallest absolute Gasteiger partial charge is 0.185 e. The maximum absolute atomic E-state index is 13.8. The molecule has 3 atom stereocenters. The van der Waals surface area contributed by atoms with E-state index in [0.717, 1.165) is 31.4 Å². The second-order valence-corrected chi connectivity index (χ2v) is 7.25. The van der Waals surface area contributed by atoms with Gasteiger partial charge in [0.2, 0.25) is 0 Å². The Morgan fingerprint density at radius 1 is 1.33 bits per heavy atom. The van der Waals surface area contributed by atoms with Crippen LogP contribution in [0.25, 0.3) is 0 Å². The van der Waals surface area contributed by atoms with Crippen molar-refractivity contribution in [3.05, 3.63) is 29.8 Å². The zero-order valence-corrected chi connectivity index (χ0v) is 13.9. The second kappa shape index (κ2) is 6.04. The van der Waals surface area contributed by atoms with Gasteiger partial charge >= 0.3 is 0 Å². The highest BCUT2D eigenvalue weighted by Crippen LogP contribution is 2.47. The summed E-state index contributed by atoms with van der Waals surface area (Å²) in [6.45, 7) is 3.24. The molecule has 128 valence electrons. The Kier molecular flexibility index (Phi) is 4.20. The quantitative estimate of drug-likeness (QED) is 0.391. The third-order valence-electron chi connectivity index (χ3n) is 5.21. The highest BCUT2D eigenvalue weighted by Gasteiger charge is 2.46. The van der Waals surface area contributed by atoms with Gasteiger partial charge in [-0.25, -0.2) is 8.78 Å². The van der Waals surface area contributed by atoms with Gasteiger partial charge in [0.25, 0.3) is 0 Å². The minimum Gasteiger partial charge on any atom is -0.477 e. The fourth-order valence-electron chi connectivity index (χ4n) is 3.99. The number of nitrogens with zero attached hydrogens (tertiary/aromatic N) is 2. The predicted molar refractivity (Wildman–Crippen MR) is 85.5 cm³/mol. The highest BCUT2D eigenvalue weighted by atomic mass is 19.1. The van der Waals surface area contributed by atoms with Gasteiger partial charge in [-0.2, -0.15) is 5.26 Å².